The van der Waals surface area contributed by atoms with Crippen molar-refractivity contribution in [1.82, 2.24) is 10.4 Å². The summed E-state index contributed by atoms with van der Waals surface area (Å²) in [4.78, 5) is 11.5. The minimum absolute atomic E-state index is 0.0270. The highest BCUT2D eigenvalue weighted by molar-refractivity contribution is 5.87. The first-order valence-corrected chi connectivity index (χ1v) is 11.7. The maximum Gasteiger partial charge on any atom is 0.409 e. The van der Waals surface area contributed by atoms with Crippen LogP contribution in [0.5, 0.6) is 5.75 Å². The third kappa shape index (κ3) is 6.61. The number of nitrogens with one attached hydrogen (secondary N) is 1. The quantitative estimate of drug-likeness (QED) is 0.366. The van der Waals surface area contributed by atoms with Crippen LogP contribution >= 0.6 is 0 Å². The molecule has 0 aliphatic carbocycles. The summed E-state index contributed by atoms with van der Waals surface area (Å²) in [6.45, 7) is 2.84. The van der Waals surface area contributed by atoms with Gasteiger partial charge in [0.1, 0.15) is 5.75 Å². The van der Waals surface area contributed by atoms with Crippen LogP contribution < -0.4 is 10.2 Å². The molecule has 1 amide bonds. The largest absolute Gasteiger partial charge is 0.494 e. The molecule has 0 saturated carbocycles. The van der Waals surface area contributed by atoms with Crippen molar-refractivity contribution in [1.29, 1.82) is 0 Å². The number of fused-ring (bicyclic) bond motifs is 1. The number of hydrogen-bond donors (Lipinski definition) is 1. The first-order chi connectivity index (χ1) is 15.4. The Morgan fingerprint density at radius 1 is 1.03 bits per heavy atom. The number of benzene rings is 2. The lowest BCUT2D eigenvalue weighted by molar-refractivity contribution is -0.190. The zero-order chi connectivity index (χ0) is 23.0. The van der Waals surface area contributed by atoms with Crippen LogP contribution in [0.15, 0.2) is 36.4 Å². The number of hydrogen-bond acceptors (Lipinski definition) is 3. The first-order valence-electron chi connectivity index (χ1n) is 11.7. The number of ether oxygens (including phenoxy) is 1. The number of rotatable bonds is 12. The summed E-state index contributed by atoms with van der Waals surface area (Å²) in [5.74, 6) is 0.270. The van der Waals surface area contributed by atoms with Crippen molar-refractivity contribution in [3.63, 3.8) is 0 Å². The number of carbonyl (C=O) groups is 1. The number of alkyl halides is 3. The fraction of sp³-hybridized carbons (Fsp3) is 0.560. The second-order valence-electron chi connectivity index (χ2n) is 8.48. The van der Waals surface area contributed by atoms with E-state index in [2.05, 4.69) is 12.3 Å². The molecule has 32 heavy (non-hydrogen) atoms. The van der Waals surface area contributed by atoms with Crippen molar-refractivity contribution in [2.45, 2.75) is 76.9 Å². The molecule has 1 aliphatic rings. The molecule has 1 heterocycles. The molecule has 0 bridgehead atoms. The molecule has 0 spiro atoms. The molecule has 1 N–H and O–H groups in total. The van der Waals surface area contributed by atoms with E-state index in [-0.39, 0.29) is 18.5 Å². The zero-order valence-electron chi connectivity index (χ0n) is 18.7. The van der Waals surface area contributed by atoms with Crippen LogP contribution in [0.4, 0.5) is 13.2 Å². The van der Waals surface area contributed by atoms with Gasteiger partial charge in [-0.2, -0.15) is 13.2 Å². The van der Waals surface area contributed by atoms with Gasteiger partial charge in [0, 0.05) is 13.0 Å². The van der Waals surface area contributed by atoms with E-state index in [9.17, 15) is 18.0 Å². The topological polar surface area (TPSA) is 41.6 Å². The number of nitrogens with zero attached hydrogens (tertiary/aromatic N) is 1. The summed E-state index contributed by atoms with van der Waals surface area (Å²) < 4.78 is 47.6. The summed E-state index contributed by atoms with van der Waals surface area (Å²) in [5, 5.41) is 2.19. The van der Waals surface area contributed by atoms with Crippen LogP contribution in [0.3, 0.4) is 0 Å². The summed E-state index contributed by atoms with van der Waals surface area (Å²) in [5.41, 5.74) is 2.47. The molecule has 0 unspecified atom stereocenters. The van der Waals surface area contributed by atoms with Crippen LogP contribution in [0.1, 0.15) is 76.3 Å². The van der Waals surface area contributed by atoms with Gasteiger partial charge in [0.15, 0.2) is 6.04 Å². The molecule has 0 radical (unpaired) electrons. The summed E-state index contributed by atoms with van der Waals surface area (Å²) in [7, 11) is 0. The standard InChI is InChI=1S/C25H33F3N2O2/c1-2-3-4-5-6-7-8-9-17-32-20-13-14-21-19(18-20)11-10-12-22(21)24(25(26,27)28)30-16-15-23(31)29-30/h10-14,18,24H,2-9,15-17H2,1H3,(H,29,31)/t24-/m0/s1. The zero-order valence-corrected chi connectivity index (χ0v) is 18.7. The number of amides is 1. The molecule has 176 valence electrons. The van der Waals surface area contributed by atoms with E-state index in [1.807, 2.05) is 0 Å². The Bertz CT molecular complexity index is 885. The predicted molar refractivity (Wildman–Crippen MR) is 120 cm³/mol. The van der Waals surface area contributed by atoms with E-state index in [0.29, 0.717) is 23.1 Å². The Balaban J connectivity index is 1.62. The third-order valence-corrected chi connectivity index (χ3v) is 5.92. The lowest BCUT2D eigenvalue weighted by Crippen LogP contribution is -2.43. The minimum atomic E-state index is -4.52. The fourth-order valence-electron chi connectivity index (χ4n) is 4.25. The number of carbonyl (C=O) groups excluding carboxylic acids is 1. The van der Waals surface area contributed by atoms with E-state index in [0.717, 1.165) is 17.9 Å². The maximum absolute atomic E-state index is 13.9. The van der Waals surface area contributed by atoms with Gasteiger partial charge < -0.3 is 4.74 Å². The fourth-order valence-corrected chi connectivity index (χ4v) is 4.25. The molecule has 4 nitrogen and oxygen atoms in total. The van der Waals surface area contributed by atoms with Crippen molar-refractivity contribution in [3.05, 3.63) is 42.0 Å². The normalized spacial score (nSPS) is 15.8. The average Bonchev–Trinajstić information content (AvgIpc) is 3.17. The van der Waals surface area contributed by atoms with Crippen molar-refractivity contribution in [3.8, 4) is 5.75 Å². The highest BCUT2D eigenvalue weighted by atomic mass is 19.4. The highest BCUT2D eigenvalue weighted by Crippen LogP contribution is 2.41. The van der Waals surface area contributed by atoms with Crippen LogP contribution in [0, 0.1) is 0 Å². The van der Waals surface area contributed by atoms with Crippen LogP contribution in [-0.2, 0) is 4.79 Å². The molecule has 1 aliphatic heterocycles. The minimum Gasteiger partial charge on any atom is -0.494 e. The van der Waals surface area contributed by atoms with Gasteiger partial charge in [-0.25, -0.2) is 5.01 Å². The van der Waals surface area contributed by atoms with Crippen molar-refractivity contribution in [2.24, 2.45) is 0 Å². The van der Waals surface area contributed by atoms with Crippen molar-refractivity contribution in [2.75, 3.05) is 13.2 Å². The molecule has 2 aromatic carbocycles. The lowest BCUT2D eigenvalue weighted by Gasteiger charge is -2.30. The highest BCUT2D eigenvalue weighted by Gasteiger charge is 2.47. The Labute approximate surface area is 188 Å². The van der Waals surface area contributed by atoms with E-state index in [4.69, 9.17) is 4.74 Å². The van der Waals surface area contributed by atoms with Gasteiger partial charge >= 0.3 is 6.18 Å². The SMILES string of the molecule is CCCCCCCCCCOc1ccc2c([C@H](N3CCC(=O)N3)C(F)(F)F)cccc2c1. The number of unbranched alkanes of at least 4 members (excludes halogenated alkanes) is 7. The van der Waals surface area contributed by atoms with Gasteiger partial charge in [-0.3, -0.25) is 10.2 Å². The van der Waals surface area contributed by atoms with E-state index in [1.54, 1.807) is 30.3 Å². The summed E-state index contributed by atoms with van der Waals surface area (Å²) in [6.07, 6.45) is 5.28. The number of halogens is 3. The smallest absolute Gasteiger partial charge is 0.409 e. The monoisotopic (exact) mass is 450 g/mol. The molecular weight excluding hydrogens is 417 g/mol. The Morgan fingerprint density at radius 2 is 1.75 bits per heavy atom. The van der Waals surface area contributed by atoms with Gasteiger partial charge in [0.25, 0.3) is 0 Å². The van der Waals surface area contributed by atoms with Gasteiger partial charge in [-0.15, -0.1) is 0 Å². The van der Waals surface area contributed by atoms with E-state index >= 15 is 0 Å². The van der Waals surface area contributed by atoms with E-state index < -0.39 is 18.1 Å². The maximum atomic E-state index is 13.9. The predicted octanol–water partition coefficient (Wildman–Crippen LogP) is 6.70. The van der Waals surface area contributed by atoms with E-state index in [1.165, 1.54) is 44.6 Å². The summed E-state index contributed by atoms with van der Waals surface area (Å²) in [6, 6.07) is 8.21. The molecular formula is C25H33F3N2O2. The molecule has 2 aromatic rings. The first kappa shape index (κ1) is 24.4. The van der Waals surface area contributed by atoms with Gasteiger partial charge in [-0.1, -0.05) is 76.1 Å². The molecule has 1 atom stereocenters. The van der Waals surface area contributed by atoms with Crippen molar-refractivity contribution >= 4 is 16.7 Å². The molecule has 7 heteroatoms. The Kier molecular flexibility index (Phi) is 8.79. The third-order valence-electron chi connectivity index (χ3n) is 5.92. The Morgan fingerprint density at radius 3 is 2.41 bits per heavy atom. The van der Waals surface area contributed by atoms with Crippen LogP contribution in [0.2, 0.25) is 0 Å². The molecule has 0 aromatic heterocycles. The van der Waals surface area contributed by atoms with Gasteiger partial charge in [0.05, 0.1) is 6.61 Å². The van der Waals surface area contributed by atoms with Gasteiger partial charge in [-0.05, 0) is 34.9 Å². The number of hydrazine groups is 1. The second-order valence-corrected chi connectivity index (χ2v) is 8.48. The van der Waals surface area contributed by atoms with Gasteiger partial charge in [0.2, 0.25) is 5.91 Å². The second kappa shape index (κ2) is 11.5. The molecule has 1 saturated heterocycles. The average molecular weight is 451 g/mol. The lowest BCUT2D eigenvalue weighted by atomic mass is 9.97. The molecule has 1 fully saturated rings. The summed E-state index contributed by atoms with van der Waals surface area (Å²) >= 11 is 0. The molecule has 3 rings (SSSR count). The Hall–Kier alpha value is -2.28. The van der Waals surface area contributed by atoms with Crippen LogP contribution in [-0.4, -0.2) is 30.2 Å². The van der Waals surface area contributed by atoms with Crippen LogP contribution in [0.25, 0.3) is 10.8 Å². The van der Waals surface area contributed by atoms with Crippen molar-refractivity contribution < 1.29 is 22.7 Å².